The second kappa shape index (κ2) is 15.5. The Balaban J connectivity index is 1.06. The Morgan fingerprint density at radius 2 is 0.699 bits per heavy atom. The van der Waals surface area contributed by atoms with E-state index in [0.717, 1.165) is 12.8 Å². The van der Waals surface area contributed by atoms with Crippen LogP contribution in [0.15, 0.2) is 188 Å². The van der Waals surface area contributed by atoms with Crippen LogP contribution in [0.1, 0.15) is 65.5 Å². The SMILES string of the molecule is CCC(C)(C)c1ccc2sc3c(c2c1)N(c1ccc2c4ccccc4c4ccccc4c2c1)c1cccc2c1B3c1sc3ccc(C(C)(C)CC)cc3c1N2c1ccc2c3ccccc3c3ccccc3c2c1. The van der Waals surface area contributed by atoms with Gasteiger partial charge in [0.15, 0.2) is 0 Å². The van der Waals surface area contributed by atoms with Crippen LogP contribution in [0.5, 0.6) is 0 Å². The molecule has 2 aliphatic heterocycles. The minimum atomic E-state index is 0.0297. The number of benzene rings is 11. The van der Waals surface area contributed by atoms with Crippen molar-refractivity contribution in [1.29, 1.82) is 0 Å². The summed E-state index contributed by atoms with van der Waals surface area (Å²) in [5.41, 5.74) is 11.7. The van der Waals surface area contributed by atoms with E-state index in [-0.39, 0.29) is 17.5 Å². The molecular weight excluding hydrogens is 920 g/mol. The van der Waals surface area contributed by atoms with Crippen molar-refractivity contribution >= 4 is 163 Å². The third-order valence-corrected chi connectivity index (χ3v) is 19.9. The van der Waals surface area contributed by atoms with Crippen LogP contribution in [0, 0.1) is 0 Å². The molecule has 13 aromatic rings. The summed E-state index contributed by atoms with van der Waals surface area (Å²) >= 11 is 4.01. The maximum atomic E-state index is 2.66. The molecule has 2 aromatic heterocycles. The van der Waals surface area contributed by atoms with Crippen LogP contribution in [0.25, 0.3) is 84.8 Å². The zero-order valence-electron chi connectivity index (χ0n) is 42.1. The average Bonchev–Trinajstić information content (AvgIpc) is 4.01. The van der Waals surface area contributed by atoms with Gasteiger partial charge in [0, 0.05) is 52.5 Å². The zero-order valence-corrected chi connectivity index (χ0v) is 43.7. The van der Waals surface area contributed by atoms with Gasteiger partial charge < -0.3 is 9.80 Å². The molecule has 0 N–H and O–H groups in total. The highest BCUT2D eigenvalue weighted by Gasteiger charge is 2.47. The topological polar surface area (TPSA) is 6.48 Å². The predicted molar refractivity (Wildman–Crippen MR) is 323 cm³/mol. The van der Waals surface area contributed by atoms with E-state index in [2.05, 4.69) is 239 Å². The van der Waals surface area contributed by atoms with Crippen LogP contribution in [0.4, 0.5) is 34.1 Å². The Kier molecular flexibility index (Phi) is 9.19. The lowest BCUT2D eigenvalue weighted by Crippen LogP contribution is -2.59. The number of hydrogen-bond acceptors (Lipinski definition) is 4. The van der Waals surface area contributed by atoms with E-state index in [0.29, 0.717) is 0 Å². The van der Waals surface area contributed by atoms with Gasteiger partial charge in [0.25, 0.3) is 6.71 Å². The van der Waals surface area contributed by atoms with Crippen molar-refractivity contribution in [1.82, 2.24) is 0 Å². The van der Waals surface area contributed by atoms with E-state index in [1.54, 1.807) is 0 Å². The van der Waals surface area contributed by atoms with Gasteiger partial charge in [0.2, 0.25) is 0 Å². The quantitative estimate of drug-likeness (QED) is 0.121. The fraction of sp³-hybridized carbons (Fsp3) is 0.147. The minimum absolute atomic E-state index is 0.0297. The molecule has 0 saturated heterocycles. The minimum Gasteiger partial charge on any atom is -0.310 e. The fourth-order valence-electron chi connectivity index (χ4n) is 12.8. The molecule has 0 fully saturated rings. The molecule has 11 aromatic carbocycles. The third-order valence-electron chi connectivity index (χ3n) is 17.5. The van der Waals surface area contributed by atoms with Crippen molar-refractivity contribution in [3.05, 3.63) is 199 Å². The lowest BCUT2D eigenvalue weighted by molar-refractivity contribution is 0.507. The molecule has 2 nitrogen and oxygen atoms in total. The van der Waals surface area contributed by atoms with E-state index in [1.807, 2.05) is 22.7 Å². The second-order valence-corrected chi connectivity index (χ2v) is 24.2. The van der Waals surface area contributed by atoms with Gasteiger partial charge in [-0.1, -0.05) is 169 Å². The van der Waals surface area contributed by atoms with E-state index in [1.165, 1.54) is 145 Å². The van der Waals surface area contributed by atoms with E-state index in [4.69, 9.17) is 0 Å². The highest BCUT2D eigenvalue weighted by Crippen LogP contribution is 2.53. The normalized spacial score (nSPS) is 13.6. The number of rotatable bonds is 6. The summed E-state index contributed by atoms with van der Waals surface area (Å²) in [5, 5.41) is 18.1. The van der Waals surface area contributed by atoms with Gasteiger partial charge in [-0.15, -0.1) is 22.7 Å². The van der Waals surface area contributed by atoms with Crippen LogP contribution >= 0.6 is 22.7 Å². The van der Waals surface area contributed by atoms with Crippen molar-refractivity contribution in [2.75, 3.05) is 9.80 Å². The first kappa shape index (κ1) is 43.2. The molecule has 4 heterocycles. The predicted octanol–water partition coefficient (Wildman–Crippen LogP) is 18.5. The molecule has 0 saturated carbocycles. The summed E-state index contributed by atoms with van der Waals surface area (Å²) in [5.74, 6) is 0. The molecule has 15 rings (SSSR count). The van der Waals surface area contributed by atoms with Crippen LogP contribution in [-0.4, -0.2) is 6.71 Å². The van der Waals surface area contributed by atoms with Crippen LogP contribution in [0.3, 0.4) is 0 Å². The Bertz CT molecular complexity index is 4160. The smallest absolute Gasteiger partial charge is 0.277 e. The van der Waals surface area contributed by atoms with Crippen molar-refractivity contribution in [3.63, 3.8) is 0 Å². The van der Waals surface area contributed by atoms with Crippen molar-refractivity contribution in [2.24, 2.45) is 0 Å². The molecule has 2 aliphatic rings. The zero-order chi connectivity index (χ0) is 49.1. The molecule has 0 spiro atoms. The molecule has 5 heteroatoms. The maximum Gasteiger partial charge on any atom is 0.277 e. The summed E-state index contributed by atoms with van der Waals surface area (Å²) in [6.45, 7) is 14.3. The van der Waals surface area contributed by atoms with Gasteiger partial charge in [-0.05, 0) is 166 Å². The number of fused-ring (bicyclic) bond motifs is 20. The summed E-state index contributed by atoms with van der Waals surface area (Å²) < 4.78 is 5.51. The van der Waals surface area contributed by atoms with Gasteiger partial charge in [-0.3, -0.25) is 0 Å². The fourth-order valence-corrected chi connectivity index (χ4v) is 15.4. The van der Waals surface area contributed by atoms with Gasteiger partial charge in [-0.25, -0.2) is 0 Å². The van der Waals surface area contributed by atoms with Gasteiger partial charge in [0.05, 0.1) is 11.4 Å². The van der Waals surface area contributed by atoms with Crippen molar-refractivity contribution in [2.45, 2.75) is 65.2 Å². The van der Waals surface area contributed by atoms with Crippen LogP contribution in [-0.2, 0) is 10.8 Å². The van der Waals surface area contributed by atoms with Gasteiger partial charge >= 0.3 is 0 Å². The van der Waals surface area contributed by atoms with E-state index >= 15 is 0 Å². The Morgan fingerprint density at radius 1 is 0.356 bits per heavy atom. The highest BCUT2D eigenvalue weighted by atomic mass is 32.1. The molecule has 0 atom stereocenters. The third kappa shape index (κ3) is 6.04. The number of hydrogen-bond donors (Lipinski definition) is 0. The first-order chi connectivity index (χ1) is 35.6. The number of nitrogens with zero attached hydrogens (tertiary/aromatic N) is 2. The Labute approximate surface area is 434 Å². The second-order valence-electron chi connectivity index (χ2n) is 22.0. The molecule has 0 aliphatic carbocycles. The number of thiophene rings is 2. The van der Waals surface area contributed by atoms with Crippen molar-refractivity contribution < 1.29 is 0 Å². The van der Waals surface area contributed by atoms with E-state index < -0.39 is 0 Å². The highest BCUT2D eigenvalue weighted by molar-refractivity contribution is 7.40. The molecule has 0 bridgehead atoms. The summed E-state index contributed by atoms with van der Waals surface area (Å²) in [6.07, 6.45) is 2.13. The maximum absolute atomic E-state index is 2.66. The molecular formula is C68H53BN2S2. The lowest BCUT2D eigenvalue weighted by Gasteiger charge is -2.42. The Morgan fingerprint density at radius 3 is 1.05 bits per heavy atom. The van der Waals surface area contributed by atoms with Gasteiger partial charge in [-0.2, -0.15) is 0 Å². The molecule has 73 heavy (non-hydrogen) atoms. The standard InChI is InChI=1S/C68H53BN2S2/c1-7-67(3,4)40-28-34-60-56(36-40)63-65(72-60)69-62-58(70(63)42-30-32-52-48-22-11-9-18-44(48)46-20-13-15-24-50(46)54(52)38-42)26-17-27-59(62)71(64-57-37-41(68(5,6)8-2)29-35-61(57)73-66(64)69)43-31-33-53-49-23-12-10-19-45(49)47-21-14-16-25-51(47)55(53)39-43/h9-39H,7-8H2,1-6H3. The largest absolute Gasteiger partial charge is 0.310 e. The van der Waals surface area contributed by atoms with Gasteiger partial charge in [0.1, 0.15) is 0 Å². The molecule has 350 valence electrons. The monoisotopic (exact) mass is 972 g/mol. The van der Waals surface area contributed by atoms with Crippen LogP contribution in [0.2, 0.25) is 0 Å². The van der Waals surface area contributed by atoms with Crippen LogP contribution < -0.4 is 24.8 Å². The molecule has 0 unspecified atom stereocenters. The van der Waals surface area contributed by atoms with E-state index in [9.17, 15) is 0 Å². The Hall–Kier alpha value is -7.44. The summed E-state index contributed by atoms with van der Waals surface area (Å²) in [7, 11) is 0. The summed E-state index contributed by atoms with van der Waals surface area (Å²) in [6, 6.07) is 72.4. The lowest BCUT2D eigenvalue weighted by atomic mass is 9.39. The molecule has 0 radical (unpaired) electrons. The summed E-state index contributed by atoms with van der Waals surface area (Å²) in [4.78, 5) is 5.32. The number of anilines is 6. The first-order valence-corrected chi connectivity index (χ1v) is 27.8. The first-order valence-electron chi connectivity index (χ1n) is 26.2. The average molecular weight is 973 g/mol. The molecule has 0 amide bonds. The van der Waals surface area contributed by atoms with Crippen molar-refractivity contribution in [3.8, 4) is 0 Å².